The van der Waals surface area contributed by atoms with Gasteiger partial charge in [-0.05, 0) is 24.3 Å². The predicted molar refractivity (Wildman–Crippen MR) is 57.3 cm³/mol. The average Bonchev–Trinajstić information content (AvgIpc) is 2.18. The first-order valence-corrected chi connectivity index (χ1v) is 4.53. The van der Waals surface area contributed by atoms with Crippen LogP contribution >= 0.6 is 0 Å². The third kappa shape index (κ3) is 3.40. The quantitative estimate of drug-likeness (QED) is 0.651. The molecule has 0 aliphatic heterocycles. The second-order valence-electron chi connectivity index (χ2n) is 3.03. The van der Waals surface area contributed by atoms with Crippen molar-refractivity contribution in [3.8, 4) is 0 Å². The van der Waals surface area contributed by atoms with Gasteiger partial charge in [-0.25, -0.2) is 0 Å². The second kappa shape index (κ2) is 5.11. The molecule has 0 fully saturated rings. The van der Waals surface area contributed by atoms with Gasteiger partial charge in [0, 0.05) is 24.2 Å². The first kappa shape index (κ1) is 11.2. The van der Waals surface area contributed by atoms with Gasteiger partial charge in [-0.1, -0.05) is 0 Å². The number of carbonyl (C=O) groups excluding carboxylic acids is 2. The minimum Gasteiger partial charge on any atom is -0.366 e. The molecule has 5 N–H and O–H groups in total. The van der Waals surface area contributed by atoms with E-state index in [9.17, 15) is 9.59 Å². The molecule has 0 heterocycles. The SMILES string of the molecule is NCCC(=O)Nc1ccc(C(N)=O)cc1. The number of rotatable bonds is 4. The van der Waals surface area contributed by atoms with Crippen LogP contribution in [0.3, 0.4) is 0 Å². The second-order valence-corrected chi connectivity index (χ2v) is 3.03. The van der Waals surface area contributed by atoms with Crippen molar-refractivity contribution < 1.29 is 9.59 Å². The van der Waals surface area contributed by atoms with Gasteiger partial charge in [-0.15, -0.1) is 0 Å². The zero-order chi connectivity index (χ0) is 11.3. The maximum Gasteiger partial charge on any atom is 0.248 e. The van der Waals surface area contributed by atoms with Gasteiger partial charge in [0.2, 0.25) is 11.8 Å². The molecule has 0 aliphatic rings. The van der Waals surface area contributed by atoms with Gasteiger partial charge in [0.25, 0.3) is 0 Å². The van der Waals surface area contributed by atoms with Gasteiger partial charge in [-0.2, -0.15) is 0 Å². The molecule has 1 rings (SSSR count). The fraction of sp³-hybridized carbons (Fsp3) is 0.200. The molecule has 0 unspecified atom stereocenters. The summed E-state index contributed by atoms with van der Waals surface area (Å²) in [7, 11) is 0. The van der Waals surface area contributed by atoms with Gasteiger partial charge >= 0.3 is 0 Å². The Hall–Kier alpha value is -1.88. The van der Waals surface area contributed by atoms with E-state index >= 15 is 0 Å². The average molecular weight is 207 g/mol. The minimum atomic E-state index is -0.491. The van der Waals surface area contributed by atoms with Crippen molar-refractivity contribution in [2.45, 2.75) is 6.42 Å². The molecule has 0 atom stereocenters. The van der Waals surface area contributed by atoms with Crippen LogP contribution in [0.2, 0.25) is 0 Å². The third-order valence-electron chi connectivity index (χ3n) is 1.82. The van der Waals surface area contributed by atoms with Crippen molar-refractivity contribution in [3.05, 3.63) is 29.8 Å². The Kier molecular flexibility index (Phi) is 3.82. The van der Waals surface area contributed by atoms with Crippen molar-refractivity contribution in [1.82, 2.24) is 0 Å². The largest absolute Gasteiger partial charge is 0.366 e. The fourth-order valence-electron chi connectivity index (χ4n) is 1.07. The minimum absolute atomic E-state index is 0.149. The summed E-state index contributed by atoms with van der Waals surface area (Å²) >= 11 is 0. The molecular weight excluding hydrogens is 194 g/mol. The number of hydrogen-bond acceptors (Lipinski definition) is 3. The third-order valence-corrected chi connectivity index (χ3v) is 1.82. The molecule has 0 aliphatic carbocycles. The van der Waals surface area contributed by atoms with Crippen molar-refractivity contribution in [1.29, 1.82) is 0 Å². The summed E-state index contributed by atoms with van der Waals surface area (Å²) in [6.45, 7) is 0.311. The molecule has 80 valence electrons. The molecule has 0 spiro atoms. The van der Waals surface area contributed by atoms with Gasteiger partial charge in [0.15, 0.2) is 0 Å². The number of amides is 2. The molecule has 15 heavy (non-hydrogen) atoms. The summed E-state index contributed by atoms with van der Waals surface area (Å²) in [5.74, 6) is -0.640. The lowest BCUT2D eigenvalue weighted by Gasteiger charge is -2.04. The number of nitrogens with one attached hydrogen (secondary N) is 1. The van der Waals surface area contributed by atoms with E-state index in [0.717, 1.165) is 0 Å². The maximum atomic E-state index is 11.1. The molecule has 2 amide bonds. The van der Waals surface area contributed by atoms with Crippen molar-refractivity contribution in [3.63, 3.8) is 0 Å². The highest BCUT2D eigenvalue weighted by Gasteiger charge is 2.02. The van der Waals surface area contributed by atoms with E-state index < -0.39 is 5.91 Å². The summed E-state index contributed by atoms with van der Waals surface area (Å²) in [4.78, 5) is 21.9. The summed E-state index contributed by atoms with van der Waals surface area (Å²) in [6.07, 6.45) is 0.275. The van der Waals surface area contributed by atoms with Crippen molar-refractivity contribution >= 4 is 17.5 Å². The summed E-state index contributed by atoms with van der Waals surface area (Å²) in [6, 6.07) is 6.35. The van der Waals surface area contributed by atoms with Crippen LogP contribution in [0.1, 0.15) is 16.8 Å². The van der Waals surface area contributed by atoms with E-state index in [1.807, 2.05) is 0 Å². The van der Waals surface area contributed by atoms with E-state index in [1.165, 1.54) is 0 Å². The molecule has 0 radical (unpaired) electrons. The lowest BCUT2D eigenvalue weighted by Crippen LogP contribution is -2.16. The lowest BCUT2D eigenvalue weighted by atomic mass is 10.2. The number of benzene rings is 1. The summed E-state index contributed by atoms with van der Waals surface area (Å²) in [5, 5.41) is 2.64. The number of nitrogens with two attached hydrogens (primary N) is 2. The van der Waals surface area contributed by atoms with Crippen LogP contribution in [0.4, 0.5) is 5.69 Å². The highest BCUT2D eigenvalue weighted by Crippen LogP contribution is 2.09. The molecule has 5 heteroatoms. The van der Waals surface area contributed by atoms with Gasteiger partial charge in [-0.3, -0.25) is 9.59 Å². The Morgan fingerprint density at radius 3 is 2.27 bits per heavy atom. The Balaban J connectivity index is 2.64. The van der Waals surface area contributed by atoms with E-state index in [-0.39, 0.29) is 12.3 Å². The van der Waals surface area contributed by atoms with Gasteiger partial charge in [0.05, 0.1) is 0 Å². The molecule has 0 bridgehead atoms. The molecule has 0 saturated heterocycles. The molecule has 5 nitrogen and oxygen atoms in total. The fourth-order valence-corrected chi connectivity index (χ4v) is 1.07. The van der Waals surface area contributed by atoms with E-state index in [1.54, 1.807) is 24.3 Å². The lowest BCUT2D eigenvalue weighted by molar-refractivity contribution is -0.116. The predicted octanol–water partition coefficient (Wildman–Crippen LogP) is 0.0728. The zero-order valence-corrected chi connectivity index (χ0v) is 8.19. The molecule has 1 aromatic rings. The van der Waals surface area contributed by atoms with E-state index in [0.29, 0.717) is 17.8 Å². The number of primary amides is 1. The van der Waals surface area contributed by atoms with Crippen LogP contribution in [-0.2, 0) is 4.79 Å². The number of carbonyl (C=O) groups is 2. The van der Waals surface area contributed by atoms with Crippen LogP contribution in [0.5, 0.6) is 0 Å². The Labute approximate surface area is 87.4 Å². The van der Waals surface area contributed by atoms with Crippen molar-refractivity contribution in [2.24, 2.45) is 11.5 Å². The van der Waals surface area contributed by atoms with Crippen LogP contribution in [0.15, 0.2) is 24.3 Å². The van der Waals surface area contributed by atoms with Crippen LogP contribution in [0, 0.1) is 0 Å². The zero-order valence-electron chi connectivity index (χ0n) is 8.19. The van der Waals surface area contributed by atoms with Gasteiger partial charge < -0.3 is 16.8 Å². The molecule has 0 aromatic heterocycles. The van der Waals surface area contributed by atoms with Gasteiger partial charge in [0.1, 0.15) is 0 Å². The maximum absolute atomic E-state index is 11.1. The molecule has 0 saturated carbocycles. The number of hydrogen-bond donors (Lipinski definition) is 3. The molecular formula is C10H13N3O2. The monoisotopic (exact) mass is 207 g/mol. The summed E-state index contributed by atoms with van der Waals surface area (Å²) < 4.78 is 0. The summed E-state index contributed by atoms with van der Waals surface area (Å²) in [5.41, 5.74) is 11.3. The Morgan fingerprint density at radius 1 is 1.20 bits per heavy atom. The first-order chi connectivity index (χ1) is 7.13. The van der Waals surface area contributed by atoms with Crippen LogP contribution in [-0.4, -0.2) is 18.4 Å². The van der Waals surface area contributed by atoms with E-state index in [4.69, 9.17) is 11.5 Å². The van der Waals surface area contributed by atoms with Crippen LogP contribution < -0.4 is 16.8 Å². The normalized spacial score (nSPS) is 9.67. The topological polar surface area (TPSA) is 98.2 Å². The number of anilines is 1. The molecule has 1 aromatic carbocycles. The highest BCUT2D eigenvalue weighted by atomic mass is 16.2. The Bertz CT molecular complexity index is 359. The smallest absolute Gasteiger partial charge is 0.248 e. The highest BCUT2D eigenvalue weighted by molar-refractivity contribution is 5.94. The van der Waals surface area contributed by atoms with Crippen LogP contribution in [0.25, 0.3) is 0 Å². The van der Waals surface area contributed by atoms with Crippen molar-refractivity contribution in [2.75, 3.05) is 11.9 Å². The standard InChI is InChI=1S/C10H13N3O2/c11-6-5-9(14)13-8-3-1-7(2-4-8)10(12)15/h1-4H,5-6,11H2,(H2,12,15)(H,13,14). The first-order valence-electron chi connectivity index (χ1n) is 4.53. The van der Waals surface area contributed by atoms with E-state index in [2.05, 4.69) is 5.32 Å². The Morgan fingerprint density at radius 2 is 1.80 bits per heavy atom.